The van der Waals surface area contributed by atoms with Crippen LogP contribution in [0, 0.1) is 0 Å². The first-order chi connectivity index (χ1) is 8.70. The van der Waals surface area contributed by atoms with Crippen molar-refractivity contribution >= 4 is 31.7 Å². The first kappa shape index (κ1) is 15.5. The summed E-state index contributed by atoms with van der Waals surface area (Å²) in [6, 6.07) is 5.17. The summed E-state index contributed by atoms with van der Waals surface area (Å²) >= 11 is 0. The monoisotopic (exact) mass is 306 g/mol. The van der Waals surface area contributed by atoms with Gasteiger partial charge in [0, 0.05) is 16.6 Å². The van der Waals surface area contributed by atoms with Crippen LogP contribution in [-0.2, 0) is 18.6 Å². The molecule has 0 radical (unpaired) electrons. The van der Waals surface area contributed by atoms with Gasteiger partial charge in [-0.2, -0.15) is 0 Å². The van der Waals surface area contributed by atoms with Crippen LogP contribution in [0.15, 0.2) is 29.2 Å². The van der Waals surface area contributed by atoms with Crippen LogP contribution in [0.5, 0.6) is 0 Å². The maximum absolute atomic E-state index is 11.0. The second-order valence-corrected chi connectivity index (χ2v) is 6.47. The molecule has 0 bridgehead atoms. The molecule has 1 aromatic carbocycles. The van der Waals surface area contributed by atoms with Crippen LogP contribution in [0.2, 0.25) is 0 Å². The lowest BCUT2D eigenvalue weighted by Gasteiger charge is -2.13. The summed E-state index contributed by atoms with van der Waals surface area (Å²) < 4.78 is 22.1. The van der Waals surface area contributed by atoms with Crippen LogP contribution in [-0.4, -0.2) is 30.6 Å². The molecule has 0 aliphatic heterocycles. The lowest BCUT2D eigenvalue weighted by atomic mass is 9.93. The highest BCUT2D eigenvalue weighted by Crippen LogP contribution is 2.25. The van der Waals surface area contributed by atoms with E-state index in [0.717, 1.165) is 0 Å². The van der Waals surface area contributed by atoms with Gasteiger partial charge in [0.2, 0.25) is 0 Å². The first-order valence-electron chi connectivity index (χ1n) is 5.18. The highest BCUT2D eigenvalue weighted by Gasteiger charge is 2.20. The molecular weight excluding hydrogens is 296 g/mol. The highest BCUT2D eigenvalue weighted by atomic mass is 35.7. The fourth-order valence-corrected chi connectivity index (χ4v) is 2.40. The van der Waals surface area contributed by atoms with Gasteiger partial charge >= 0.3 is 11.9 Å². The zero-order valence-electron chi connectivity index (χ0n) is 9.61. The predicted molar refractivity (Wildman–Crippen MR) is 66.7 cm³/mol. The minimum Gasteiger partial charge on any atom is -0.481 e. The number of carboxylic acid groups (broad SMARTS) is 2. The van der Waals surface area contributed by atoms with Crippen LogP contribution in [0.1, 0.15) is 24.3 Å². The normalized spacial score (nSPS) is 11.5. The van der Waals surface area contributed by atoms with Gasteiger partial charge in [-0.3, -0.25) is 9.59 Å². The summed E-state index contributed by atoms with van der Waals surface area (Å²) in [7, 11) is 1.29. The Morgan fingerprint density at radius 3 is 1.79 bits per heavy atom. The maximum Gasteiger partial charge on any atom is 0.303 e. The molecule has 0 heterocycles. The Morgan fingerprint density at radius 1 is 1.05 bits per heavy atom. The molecule has 0 atom stereocenters. The van der Waals surface area contributed by atoms with Gasteiger partial charge in [-0.05, 0) is 17.7 Å². The average molecular weight is 307 g/mol. The first-order valence-corrected chi connectivity index (χ1v) is 7.49. The van der Waals surface area contributed by atoms with Crippen molar-refractivity contribution in [2.24, 2.45) is 0 Å². The van der Waals surface area contributed by atoms with E-state index in [1.807, 2.05) is 0 Å². The molecule has 19 heavy (non-hydrogen) atoms. The Bertz CT molecular complexity index is 562. The quantitative estimate of drug-likeness (QED) is 0.773. The zero-order chi connectivity index (χ0) is 14.6. The number of halogens is 1. The molecule has 0 amide bonds. The number of hydrogen-bond donors (Lipinski definition) is 2. The summed E-state index contributed by atoms with van der Waals surface area (Å²) in [6.45, 7) is 0. The van der Waals surface area contributed by atoms with Crippen molar-refractivity contribution in [2.75, 3.05) is 0 Å². The van der Waals surface area contributed by atoms with Crippen molar-refractivity contribution in [1.82, 2.24) is 0 Å². The molecule has 1 aromatic rings. The molecule has 1 rings (SSSR count). The van der Waals surface area contributed by atoms with Gasteiger partial charge in [-0.1, -0.05) is 12.1 Å². The van der Waals surface area contributed by atoms with Gasteiger partial charge in [0.15, 0.2) is 0 Å². The molecule has 2 N–H and O–H groups in total. The van der Waals surface area contributed by atoms with E-state index >= 15 is 0 Å². The molecule has 104 valence electrons. The van der Waals surface area contributed by atoms with E-state index in [4.69, 9.17) is 20.9 Å². The van der Waals surface area contributed by atoms with Crippen molar-refractivity contribution in [3.63, 3.8) is 0 Å². The van der Waals surface area contributed by atoms with E-state index in [2.05, 4.69) is 0 Å². The molecule has 0 fully saturated rings. The van der Waals surface area contributed by atoms with E-state index in [1.54, 1.807) is 0 Å². The summed E-state index contributed by atoms with van der Waals surface area (Å²) in [5.41, 5.74) is 0.439. The standard InChI is InChI=1S/C11H11ClO6S/c12-19(17,18)9-3-1-7(2-4-9)8(5-10(13)14)6-11(15)16/h1-4,8H,5-6H2,(H,13,14)(H,15,16). The SMILES string of the molecule is O=C(O)CC(CC(=O)O)c1ccc(S(=O)(=O)Cl)cc1. The van der Waals surface area contributed by atoms with Crippen molar-refractivity contribution in [3.8, 4) is 0 Å². The van der Waals surface area contributed by atoms with Gasteiger partial charge in [0.05, 0.1) is 17.7 Å². The van der Waals surface area contributed by atoms with Gasteiger partial charge in [0.1, 0.15) is 0 Å². The largest absolute Gasteiger partial charge is 0.481 e. The summed E-state index contributed by atoms with van der Waals surface area (Å²) in [5, 5.41) is 17.5. The lowest BCUT2D eigenvalue weighted by molar-refractivity contribution is -0.139. The molecule has 6 nitrogen and oxygen atoms in total. The van der Waals surface area contributed by atoms with Gasteiger partial charge in [0.25, 0.3) is 9.05 Å². The minimum atomic E-state index is -3.85. The third kappa shape index (κ3) is 4.88. The molecule has 0 aromatic heterocycles. The predicted octanol–water partition coefficient (Wildman–Crippen LogP) is 1.65. The van der Waals surface area contributed by atoms with Crippen molar-refractivity contribution in [1.29, 1.82) is 0 Å². The molecule has 0 aliphatic carbocycles. The molecule has 0 aliphatic rings. The van der Waals surface area contributed by atoms with Crippen LogP contribution in [0.25, 0.3) is 0 Å². The summed E-state index contributed by atoms with van der Waals surface area (Å²) in [4.78, 5) is 21.2. The number of benzene rings is 1. The van der Waals surface area contributed by atoms with E-state index in [-0.39, 0.29) is 17.7 Å². The van der Waals surface area contributed by atoms with Crippen LogP contribution in [0.4, 0.5) is 0 Å². The van der Waals surface area contributed by atoms with E-state index < -0.39 is 26.9 Å². The fraction of sp³-hybridized carbons (Fsp3) is 0.273. The number of carboxylic acids is 2. The second kappa shape index (κ2) is 6.03. The van der Waals surface area contributed by atoms with Gasteiger partial charge < -0.3 is 10.2 Å². The Hall–Kier alpha value is -1.60. The van der Waals surface area contributed by atoms with Crippen LogP contribution in [0.3, 0.4) is 0 Å². The smallest absolute Gasteiger partial charge is 0.303 e. The number of aliphatic carboxylic acids is 2. The average Bonchev–Trinajstić information content (AvgIpc) is 2.26. The molecular formula is C11H11ClO6S. The Balaban J connectivity index is 3.03. The Labute approximate surface area is 114 Å². The lowest BCUT2D eigenvalue weighted by Crippen LogP contribution is -2.11. The van der Waals surface area contributed by atoms with E-state index in [1.165, 1.54) is 24.3 Å². The van der Waals surface area contributed by atoms with Crippen molar-refractivity contribution in [2.45, 2.75) is 23.7 Å². The maximum atomic E-state index is 11.0. The molecule has 0 saturated heterocycles. The summed E-state index contributed by atoms with van der Waals surface area (Å²) in [6.07, 6.45) is -0.696. The fourth-order valence-electron chi connectivity index (χ4n) is 1.63. The van der Waals surface area contributed by atoms with Crippen LogP contribution < -0.4 is 0 Å². The van der Waals surface area contributed by atoms with Crippen molar-refractivity contribution < 1.29 is 28.2 Å². The zero-order valence-corrected chi connectivity index (χ0v) is 11.2. The third-order valence-corrected chi connectivity index (χ3v) is 3.84. The van der Waals surface area contributed by atoms with Crippen LogP contribution >= 0.6 is 10.7 Å². The molecule has 0 unspecified atom stereocenters. The van der Waals surface area contributed by atoms with Gasteiger partial charge in [-0.15, -0.1) is 0 Å². The summed E-state index contributed by atoms with van der Waals surface area (Å²) in [5.74, 6) is -2.97. The highest BCUT2D eigenvalue weighted by molar-refractivity contribution is 8.13. The van der Waals surface area contributed by atoms with E-state index in [9.17, 15) is 18.0 Å². The molecule has 0 spiro atoms. The van der Waals surface area contributed by atoms with Gasteiger partial charge in [-0.25, -0.2) is 8.42 Å². The van der Waals surface area contributed by atoms with E-state index in [0.29, 0.717) is 5.56 Å². The Morgan fingerprint density at radius 2 is 1.47 bits per heavy atom. The molecule has 0 saturated carbocycles. The number of hydrogen-bond acceptors (Lipinski definition) is 4. The van der Waals surface area contributed by atoms with Crippen molar-refractivity contribution in [3.05, 3.63) is 29.8 Å². The number of carbonyl (C=O) groups is 2. The molecule has 8 heteroatoms. The second-order valence-electron chi connectivity index (χ2n) is 3.90. The third-order valence-electron chi connectivity index (χ3n) is 2.48. The topological polar surface area (TPSA) is 109 Å². The minimum absolute atomic E-state index is 0.123. The number of rotatable bonds is 6. The Kier molecular flexibility index (Phi) is 4.90.